The molecule has 0 aliphatic rings. The smallest absolute Gasteiger partial charge is 0.257 e. The van der Waals surface area contributed by atoms with Gasteiger partial charge in [0.1, 0.15) is 0 Å². The first-order chi connectivity index (χ1) is 8.97. The highest BCUT2D eigenvalue weighted by Gasteiger charge is 2.12. The van der Waals surface area contributed by atoms with Crippen LogP contribution < -0.4 is 5.32 Å². The van der Waals surface area contributed by atoms with E-state index in [4.69, 9.17) is 11.6 Å². The summed E-state index contributed by atoms with van der Waals surface area (Å²) in [6, 6.07) is 8.82. The number of hydrogen-bond acceptors (Lipinski definition) is 2. The number of carbonyl (C=O) groups is 1. The summed E-state index contributed by atoms with van der Waals surface area (Å²) in [5, 5.41) is 3.38. The molecule has 0 fully saturated rings. The number of rotatable bonds is 2. The quantitative estimate of drug-likeness (QED) is 0.883. The van der Waals surface area contributed by atoms with Crippen LogP contribution in [0.4, 0.5) is 5.69 Å². The second-order valence-corrected chi connectivity index (χ2v) is 5.45. The van der Waals surface area contributed by atoms with Crippen LogP contribution in [0.25, 0.3) is 0 Å². The first kappa shape index (κ1) is 14.0. The Labute approximate surface area is 125 Å². The molecule has 19 heavy (non-hydrogen) atoms. The van der Waals surface area contributed by atoms with Gasteiger partial charge in [-0.2, -0.15) is 0 Å². The van der Waals surface area contributed by atoms with Gasteiger partial charge in [0, 0.05) is 15.2 Å². The van der Waals surface area contributed by atoms with E-state index in [1.165, 1.54) is 0 Å². The lowest BCUT2D eigenvalue weighted by atomic mass is 10.1. The van der Waals surface area contributed by atoms with Crippen LogP contribution in [0.3, 0.4) is 0 Å². The number of aromatic nitrogens is 1. The summed E-state index contributed by atoms with van der Waals surface area (Å²) in [7, 11) is 0. The van der Waals surface area contributed by atoms with E-state index in [0.717, 1.165) is 10.2 Å². The summed E-state index contributed by atoms with van der Waals surface area (Å²) < 4.78 is 0.781. The lowest BCUT2D eigenvalue weighted by Gasteiger charge is -2.09. The fraction of sp³-hybridized carbons (Fsp3) is 0.143. The third kappa shape index (κ3) is 3.33. The molecule has 1 heterocycles. The fourth-order valence-electron chi connectivity index (χ4n) is 1.71. The number of amides is 1. The van der Waals surface area contributed by atoms with Crippen LogP contribution in [0.1, 0.15) is 21.7 Å². The SMILES string of the molecule is Cc1ccc(C(=O)Nc2cc(Cl)ccc2Br)c(C)n1. The maximum Gasteiger partial charge on any atom is 0.257 e. The molecule has 3 nitrogen and oxygen atoms in total. The summed E-state index contributed by atoms with van der Waals surface area (Å²) in [4.78, 5) is 16.5. The van der Waals surface area contributed by atoms with Crippen molar-refractivity contribution in [3.63, 3.8) is 0 Å². The Morgan fingerprint density at radius 2 is 2.00 bits per heavy atom. The van der Waals surface area contributed by atoms with Crippen molar-refractivity contribution in [3.05, 3.63) is 56.8 Å². The number of carbonyl (C=O) groups excluding carboxylic acids is 1. The van der Waals surface area contributed by atoms with Gasteiger partial charge in [0.25, 0.3) is 5.91 Å². The zero-order valence-electron chi connectivity index (χ0n) is 10.5. The Bertz CT molecular complexity index is 643. The Morgan fingerprint density at radius 1 is 1.26 bits per heavy atom. The largest absolute Gasteiger partial charge is 0.321 e. The van der Waals surface area contributed by atoms with Crippen LogP contribution in [0.5, 0.6) is 0 Å². The van der Waals surface area contributed by atoms with Crippen molar-refractivity contribution >= 4 is 39.1 Å². The van der Waals surface area contributed by atoms with Gasteiger partial charge in [-0.25, -0.2) is 0 Å². The van der Waals surface area contributed by atoms with Crippen LogP contribution in [-0.2, 0) is 0 Å². The summed E-state index contributed by atoms with van der Waals surface area (Å²) in [6.45, 7) is 3.71. The first-order valence-corrected chi connectivity index (χ1v) is 6.85. The Morgan fingerprint density at radius 3 is 2.68 bits per heavy atom. The lowest BCUT2D eigenvalue weighted by Crippen LogP contribution is -2.14. The van der Waals surface area contributed by atoms with Crippen molar-refractivity contribution in [2.45, 2.75) is 13.8 Å². The highest BCUT2D eigenvalue weighted by Crippen LogP contribution is 2.26. The predicted molar refractivity (Wildman–Crippen MR) is 80.8 cm³/mol. The van der Waals surface area contributed by atoms with Crippen LogP contribution in [0, 0.1) is 13.8 Å². The van der Waals surface area contributed by atoms with Crippen molar-refractivity contribution < 1.29 is 4.79 Å². The molecular formula is C14H12BrClN2O. The fourth-order valence-corrected chi connectivity index (χ4v) is 2.23. The second-order valence-electron chi connectivity index (χ2n) is 4.16. The molecule has 0 aliphatic carbocycles. The maximum absolute atomic E-state index is 12.2. The number of aryl methyl sites for hydroxylation is 2. The average Bonchev–Trinajstić information content (AvgIpc) is 2.33. The number of halogens is 2. The molecule has 1 aromatic carbocycles. The monoisotopic (exact) mass is 338 g/mol. The van der Waals surface area contributed by atoms with Gasteiger partial charge in [0.05, 0.1) is 16.9 Å². The van der Waals surface area contributed by atoms with Crippen LogP contribution in [-0.4, -0.2) is 10.9 Å². The molecule has 0 saturated carbocycles. The molecular weight excluding hydrogens is 328 g/mol. The van der Waals surface area contributed by atoms with Gasteiger partial charge in [-0.3, -0.25) is 9.78 Å². The van der Waals surface area contributed by atoms with Gasteiger partial charge in [-0.05, 0) is 60.1 Å². The summed E-state index contributed by atoms with van der Waals surface area (Å²) in [5.74, 6) is -0.201. The van der Waals surface area contributed by atoms with Crippen LogP contribution >= 0.6 is 27.5 Å². The molecule has 0 unspecified atom stereocenters. The van der Waals surface area contributed by atoms with E-state index in [-0.39, 0.29) is 5.91 Å². The standard InChI is InChI=1S/C14H12BrClN2O/c1-8-3-5-11(9(2)17-8)14(19)18-13-7-10(16)4-6-12(13)15/h3-7H,1-2H3,(H,18,19). The van der Waals surface area contributed by atoms with E-state index in [0.29, 0.717) is 22.0 Å². The van der Waals surface area contributed by atoms with Crippen molar-refractivity contribution in [2.24, 2.45) is 0 Å². The van der Waals surface area contributed by atoms with Crippen LogP contribution in [0.15, 0.2) is 34.8 Å². The molecule has 0 bridgehead atoms. The molecule has 0 radical (unpaired) electrons. The van der Waals surface area contributed by atoms with E-state index in [1.807, 2.05) is 19.9 Å². The van der Waals surface area contributed by atoms with Crippen molar-refractivity contribution in [3.8, 4) is 0 Å². The molecule has 0 atom stereocenters. The normalized spacial score (nSPS) is 10.3. The number of pyridine rings is 1. The molecule has 1 N–H and O–H groups in total. The Kier molecular flexibility index (Phi) is 4.22. The number of nitrogens with one attached hydrogen (secondary N) is 1. The van der Waals surface area contributed by atoms with E-state index in [2.05, 4.69) is 26.2 Å². The minimum absolute atomic E-state index is 0.201. The molecule has 0 spiro atoms. The highest BCUT2D eigenvalue weighted by molar-refractivity contribution is 9.10. The Balaban J connectivity index is 2.28. The molecule has 0 saturated heterocycles. The van der Waals surface area contributed by atoms with Crippen molar-refractivity contribution in [2.75, 3.05) is 5.32 Å². The number of nitrogens with zero attached hydrogens (tertiary/aromatic N) is 1. The molecule has 2 rings (SSSR count). The minimum atomic E-state index is -0.201. The first-order valence-electron chi connectivity index (χ1n) is 5.68. The third-order valence-corrected chi connectivity index (χ3v) is 3.57. The summed E-state index contributed by atoms with van der Waals surface area (Å²) >= 11 is 9.29. The molecule has 2 aromatic rings. The van der Waals surface area contributed by atoms with E-state index in [9.17, 15) is 4.79 Å². The molecule has 98 valence electrons. The van der Waals surface area contributed by atoms with E-state index in [1.54, 1.807) is 24.3 Å². The number of benzene rings is 1. The van der Waals surface area contributed by atoms with Gasteiger partial charge < -0.3 is 5.32 Å². The van der Waals surface area contributed by atoms with Gasteiger partial charge in [-0.1, -0.05) is 11.6 Å². The minimum Gasteiger partial charge on any atom is -0.321 e. The zero-order valence-corrected chi connectivity index (χ0v) is 12.8. The molecule has 5 heteroatoms. The van der Waals surface area contributed by atoms with E-state index >= 15 is 0 Å². The third-order valence-electron chi connectivity index (χ3n) is 2.65. The molecule has 0 aliphatic heterocycles. The average molecular weight is 340 g/mol. The highest BCUT2D eigenvalue weighted by atomic mass is 79.9. The summed E-state index contributed by atoms with van der Waals surface area (Å²) in [5.41, 5.74) is 2.78. The Hall–Kier alpha value is -1.39. The summed E-state index contributed by atoms with van der Waals surface area (Å²) in [6.07, 6.45) is 0. The van der Waals surface area contributed by atoms with Crippen molar-refractivity contribution in [1.82, 2.24) is 4.98 Å². The van der Waals surface area contributed by atoms with Gasteiger partial charge >= 0.3 is 0 Å². The molecule has 1 aromatic heterocycles. The lowest BCUT2D eigenvalue weighted by molar-refractivity contribution is 0.102. The number of anilines is 1. The zero-order chi connectivity index (χ0) is 14.0. The van der Waals surface area contributed by atoms with Gasteiger partial charge in [0.2, 0.25) is 0 Å². The van der Waals surface area contributed by atoms with Crippen LogP contribution in [0.2, 0.25) is 5.02 Å². The topological polar surface area (TPSA) is 42.0 Å². The van der Waals surface area contributed by atoms with E-state index < -0.39 is 0 Å². The molecule has 1 amide bonds. The van der Waals surface area contributed by atoms with Crippen molar-refractivity contribution in [1.29, 1.82) is 0 Å². The maximum atomic E-state index is 12.2. The van der Waals surface area contributed by atoms with Gasteiger partial charge in [-0.15, -0.1) is 0 Å². The predicted octanol–water partition coefficient (Wildman–Crippen LogP) is 4.37. The number of hydrogen-bond donors (Lipinski definition) is 1. The second kappa shape index (κ2) is 5.72. The van der Waals surface area contributed by atoms with Gasteiger partial charge in [0.15, 0.2) is 0 Å².